The maximum atomic E-state index is 10.5. The SMILES string of the molecule is O=C(O)/C=C/c1ccsc1CSCC1CCCO1. The van der Waals surface area contributed by atoms with Crippen LogP contribution in [0.25, 0.3) is 6.08 Å². The van der Waals surface area contributed by atoms with Crippen LogP contribution in [-0.2, 0) is 15.3 Å². The van der Waals surface area contributed by atoms with Crippen LogP contribution in [0.5, 0.6) is 0 Å². The highest BCUT2D eigenvalue weighted by Crippen LogP contribution is 2.26. The molecule has 1 aromatic rings. The third kappa shape index (κ3) is 4.15. The van der Waals surface area contributed by atoms with Gasteiger partial charge in [-0.25, -0.2) is 4.79 Å². The van der Waals surface area contributed by atoms with Gasteiger partial charge in [0, 0.05) is 29.1 Å². The van der Waals surface area contributed by atoms with Crippen LogP contribution >= 0.6 is 23.1 Å². The summed E-state index contributed by atoms with van der Waals surface area (Å²) < 4.78 is 5.57. The molecule has 2 rings (SSSR count). The van der Waals surface area contributed by atoms with E-state index in [-0.39, 0.29) is 0 Å². The van der Waals surface area contributed by atoms with Crippen LogP contribution in [0.1, 0.15) is 23.3 Å². The molecule has 0 spiro atoms. The molecule has 0 amide bonds. The molecule has 0 aromatic carbocycles. The highest BCUT2D eigenvalue weighted by Gasteiger charge is 2.15. The first-order valence-corrected chi connectivity index (χ1v) is 7.96. The summed E-state index contributed by atoms with van der Waals surface area (Å²) >= 11 is 3.54. The second kappa shape index (κ2) is 6.97. The summed E-state index contributed by atoms with van der Waals surface area (Å²) in [6.45, 7) is 0.900. The van der Waals surface area contributed by atoms with E-state index in [0.717, 1.165) is 23.7 Å². The van der Waals surface area contributed by atoms with Gasteiger partial charge in [-0.3, -0.25) is 0 Å². The summed E-state index contributed by atoms with van der Waals surface area (Å²) in [5.41, 5.74) is 1.02. The first kappa shape index (κ1) is 13.6. The van der Waals surface area contributed by atoms with Crippen LogP contribution in [0.3, 0.4) is 0 Å². The Morgan fingerprint density at radius 2 is 2.56 bits per heavy atom. The maximum absolute atomic E-state index is 10.5. The minimum absolute atomic E-state index is 0.410. The Morgan fingerprint density at radius 3 is 3.28 bits per heavy atom. The Hall–Kier alpha value is -0.780. The highest BCUT2D eigenvalue weighted by atomic mass is 32.2. The molecule has 5 heteroatoms. The third-order valence-electron chi connectivity index (χ3n) is 2.75. The Bertz CT molecular complexity index is 420. The molecule has 0 aliphatic carbocycles. The van der Waals surface area contributed by atoms with Crippen molar-refractivity contribution in [1.29, 1.82) is 0 Å². The average Bonchev–Trinajstić information content (AvgIpc) is 2.97. The van der Waals surface area contributed by atoms with E-state index in [1.165, 1.54) is 23.8 Å². The van der Waals surface area contributed by atoms with Gasteiger partial charge in [0.25, 0.3) is 0 Å². The fourth-order valence-electron chi connectivity index (χ4n) is 1.84. The lowest BCUT2D eigenvalue weighted by molar-refractivity contribution is -0.131. The fraction of sp³-hybridized carbons (Fsp3) is 0.462. The van der Waals surface area contributed by atoms with Gasteiger partial charge in [0.1, 0.15) is 0 Å². The minimum Gasteiger partial charge on any atom is -0.478 e. The Morgan fingerprint density at radius 1 is 1.67 bits per heavy atom. The van der Waals surface area contributed by atoms with Crippen molar-refractivity contribution in [3.05, 3.63) is 28.0 Å². The molecule has 0 saturated carbocycles. The molecular formula is C13H16O3S2. The van der Waals surface area contributed by atoms with Crippen LogP contribution in [0.2, 0.25) is 0 Å². The van der Waals surface area contributed by atoms with Crippen LogP contribution in [0.15, 0.2) is 17.5 Å². The van der Waals surface area contributed by atoms with E-state index in [4.69, 9.17) is 9.84 Å². The number of hydrogen-bond donors (Lipinski definition) is 1. The molecule has 18 heavy (non-hydrogen) atoms. The van der Waals surface area contributed by atoms with Crippen LogP contribution < -0.4 is 0 Å². The van der Waals surface area contributed by atoms with Crippen LogP contribution in [-0.4, -0.2) is 29.5 Å². The maximum Gasteiger partial charge on any atom is 0.328 e. The number of rotatable bonds is 6. The molecule has 1 unspecified atom stereocenters. The Kier molecular flexibility index (Phi) is 5.28. The zero-order valence-corrected chi connectivity index (χ0v) is 11.6. The molecule has 3 nitrogen and oxygen atoms in total. The zero-order chi connectivity index (χ0) is 12.8. The summed E-state index contributed by atoms with van der Waals surface area (Å²) in [5, 5.41) is 10.6. The summed E-state index contributed by atoms with van der Waals surface area (Å²) in [5.74, 6) is 1.05. The van der Waals surface area contributed by atoms with Gasteiger partial charge >= 0.3 is 5.97 Å². The van der Waals surface area contributed by atoms with Gasteiger partial charge < -0.3 is 9.84 Å². The summed E-state index contributed by atoms with van der Waals surface area (Å²) in [6, 6.07) is 1.96. The molecule has 1 N–H and O–H groups in total. The number of thioether (sulfide) groups is 1. The number of carboxylic acid groups (broad SMARTS) is 1. The lowest BCUT2D eigenvalue weighted by atomic mass is 10.2. The predicted molar refractivity (Wildman–Crippen MR) is 76.1 cm³/mol. The highest BCUT2D eigenvalue weighted by molar-refractivity contribution is 7.98. The zero-order valence-electron chi connectivity index (χ0n) is 10.0. The van der Waals surface area contributed by atoms with Crippen molar-refractivity contribution < 1.29 is 14.6 Å². The lowest BCUT2D eigenvalue weighted by Gasteiger charge is -2.08. The van der Waals surface area contributed by atoms with Gasteiger partial charge in [0.2, 0.25) is 0 Å². The van der Waals surface area contributed by atoms with Crippen molar-refractivity contribution in [2.45, 2.75) is 24.7 Å². The van der Waals surface area contributed by atoms with E-state index in [1.54, 1.807) is 17.4 Å². The number of thiophene rings is 1. The molecule has 1 aliphatic heterocycles. The van der Waals surface area contributed by atoms with Gasteiger partial charge in [0.05, 0.1) is 6.10 Å². The van der Waals surface area contributed by atoms with Gasteiger partial charge in [-0.1, -0.05) is 0 Å². The van der Waals surface area contributed by atoms with Crippen molar-refractivity contribution in [1.82, 2.24) is 0 Å². The quantitative estimate of drug-likeness (QED) is 0.815. The summed E-state index contributed by atoms with van der Waals surface area (Å²) in [7, 11) is 0. The van der Waals surface area contributed by atoms with Crippen molar-refractivity contribution in [2.24, 2.45) is 0 Å². The number of aliphatic carboxylic acids is 1. The van der Waals surface area contributed by atoms with Crippen LogP contribution in [0.4, 0.5) is 0 Å². The van der Waals surface area contributed by atoms with E-state index >= 15 is 0 Å². The monoisotopic (exact) mass is 284 g/mol. The normalized spacial score (nSPS) is 19.7. The number of ether oxygens (including phenoxy) is 1. The second-order valence-corrected chi connectivity index (χ2v) is 6.15. The van der Waals surface area contributed by atoms with Gasteiger partial charge in [-0.2, -0.15) is 11.8 Å². The molecule has 1 aliphatic rings. The second-order valence-electron chi connectivity index (χ2n) is 4.12. The standard InChI is InChI=1S/C13H16O3S2/c14-13(15)4-3-10-5-7-18-12(10)9-17-8-11-2-1-6-16-11/h3-5,7,11H,1-2,6,8-9H2,(H,14,15)/b4-3+. The predicted octanol–water partition coefficient (Wildman–Crippen LogP) is 3.26. The first-order chi connectivity index (χ1) is 8.75. The molecule has 1 aromatic heterocycles. The van der Waals surface area contributed by atoms with Crippen molar-refractivity contribution >= 4 is 35.1 Å². The van der Waals surface area contributed by atoms with Gasteiger partial charge in [-0.05, 0) is 35.9 Å². The number of carbonyl (C=O) groups is 1. The molecule has 98 valence electrons. The Labute approximate surface area is 115 Å². The third-order valence-corrected chi connectivity index (χ3v) is 4.97. The lowest BCUT2D eigenvalue weighted by Crippen LogP contribution is -2.07. The average molecular weight is 284 g/mol. The van der Waals surface area contributed by atoms with E-state index in [9.17, 15) is 4.79 Å². The molecule has 1 atom stereocenters. The first-order valence-electron chi connectivity index (χ1n) is 5.92. The molecule has 2 heterocycles. The summed E-state index contributed by atoms with van der Waals surface area (Å²) in [6.07, 6.45) is 5.62. The van der Waals surface area contributed by atoms with E-state index in [2.05, 4.69) is 0 Å². The Balaban J connectivity index is 1.81. The minimum atomic E-state index is -0.904. The van der Waals surface area contributed by atoms with Crippen molar-refractivity contribution in [3.63, 3.8) is 0 Å². The van der Waals surface area contributed by atoms with E-state index in [0.29, 0.717) is 6.10 Å². The molecule has 0 radical (unpaired) electrons. The van der Waals surface area contributed by atoms with E-state index < -0.39 is 5.97 Å². The van der Waals surface area contributed by atoms with Gasteiger partial charge in [-0.15, -0.1) is 11.3 Å². The van der Waals surface area contributed by atoms with Crippen molar-refractivity contribution in [2.75, 3.05) is 12.4 Å². The number of hydrogen-bond acceptors (Lipinski definition) is 4. The molecule has 0 bridgehead atoms. The van der Waals surface area contributed by atoms with Crippen molar-refractivity contribution in [3.8, 4) is 0 Å². The fourth-order valence-corrected chi connectivity index (χ4v) is 4.01. The molecule has 1 fully saturated rings. The number of carboxylic acids is 1. The molecular weight excluding hydrogens is 268 g/mol. The topological polar surface area (TPSA) is 46.5 Å². The molecule has 1 saturated heterocycles. The summed E-state index contributed by atoms with van der Waals surface area (Å²) in [4.78, 5) is 11.7. The largest absolute Gasteiger partial charge is 0.478 e. The smallest absolute Gasteiger partial charge is 0.328 e. The van der Waals surface area contributed by atoms with E-state index in [1.807, 2.05) is 23.2 Å². The van der Waals surface area contributed by atoms with Gasteiger partial charge in [0.15, 0.2) is 0 Å². The van der Waals surface area contributed by atoms with Crippen LogP contribution in [0, 0.1) is 0 Å².